The first-order chi connectivity index (χ1) is 11.7. The number of hydrogen-bond acceptors (Lipinski definition) is 7. The molecule has 7 heteroatoms. The van der Waals surface area contributed by atoms with Gasteiger partial charge < -0.3 is 13.7 Å². The third-order valence-corrected chi connectivity index (χ3v) is 4.38. The number of benzene rings is 1. The summed E-state index contributed by atoms with van der Waals surface area (Å²) in [6, 6.07) is 7.02. The molecule has 0 saturated carbocycles. The third kappa shape index (κ3) is 3.97. The van der Waals surface area contributed by atoms with E-state index in [1.807, 2.05) is 26.0 Å². The van der Waals surface area contributed by atoms with Crippen molar-refractivity contribution in [3.05, 3.63) is 52.0 Å². The number of thioether (sulfide) groups is 1. The van der Waals surface area contributed by atoms with Gasteiger partial charge >= 0.3 is 5.63 Å². The quantitative estimate of drug-likeness (QED) is 0.479. The highest BCUT2D eigenvalue weighted by atomic mass is 32.2. The Hall–Kier alpha value is -2.28. The van der Waals surface area contributed by atoms with E-state index >= 15 is 0 Å². The standard InChI is InChI=1S/C17H18N2O4S/c1-3-15-18-16(23-19-15)10-24-7-6-21-12-4-5-13-11(2)8-17(20)22-14(13)9-12/h4-5,8-9H,3,6-7,10H2,1-2H3. The second kappa shape index (κ2) is 7.53. The Labute approximate surface area is 143 Å². The minimum absolute atomic E-state index is 0.348. The second-order valence-corrected chi connectivity index (χ2v) is 6.37. The van der Waals surface area contributed by atoms with Gasteiger partial charge in [-0.2, -0.15) is 4.98 Å². The van der Waals surface area contributed by atoms with E-state index < -0.39 is 0 Å². The number of aryl methyl sites for hydroxylation is 2. The largest absolute Gasteiger partial charge is 0.493 e. The number of fused-ring (bicyclic) bond motifs is 1. The van der Waals surface area contributed by atoms with Gasteiger partial charge in [0.1, 0.15) is 11.3 Å². The van der Waals surface area contributed by atoms with Crippen molar-refractivity contribution >= 4 is 22.7 Å². The Morgan fingerprint density at radius 3 is 2.96 bits per heavy atom. The van der Waals surface area contributed by atoms with Crippen LogP contribution in [0.15, 0.2) is 38.0 Å². The Morgan fingerprint density at radius 1 is 1.29 bits per heavy atom. The molecule has 1 aromatic carbocycles. The number of rotatable bonds is 7. The molecule has 2 aromatic heterocycles. The molecule has 3 rings (SSSR count). The van der Waals surface area contributed by atoms with Gasteiger partial charge in [-0.25, -0.2) is 4.79 Å². The average Bonchev–Trinajstić information content (AvgIpc) is 3.02. The van der Waals surface area contributed by atoms with E-state index in [1.165, 1.54) is 6.07 Å². The molecule has 0 aliphatic heterocycles. The van der Waals surface area contributed by atoms with E-state index in [2.05, 4.69) is 10.1 Å². The Kier molecular flexibility index (Phi) is 5.20. The zero-order valence-corrected chi connectivity index (χ0v) is 14.4. The lowest BCUT2D eigenvalue weighted by Gasteiger charge is -2.07. The van der Waals surface area contributed by atoms with Crippen LogP contribution >= 0.6 is 11.8 Å². The molecule has 126 valence electrons. The van der Waals surface area contributed by atoms with Crippen LogP contribution in [0, 0.1) is 6.92 Å². The lowest BCUT2D eigenvalue weighted by atomic mass is 10.1. The van der Waals surface area contributed by atoms with Crippen molar-refractivity contribution in [3.8, 4) is 5.75 Å². The minimum Gasteiger partial charge on any atom is -0.493 e. The van der Waals surface area contributed by atoms with Gasteiger partial charge in [0.15, 0.2) is 5.82 Å². The van der Waals surface area contributed by atoms with Crippen molar-refractivity contribution in [1.29, 1.82) is 0 Å². The van der Waals surface area contributed by atoms with Gasteiger partial charge in [-0.3, -0.25) is 0 Å². The molecule has 0 fully saturated rings. The van der Waals surface area contributed by atoms with E-state index in [0.717, 1.165) is 28.9 Å². The van der Waals surface area contributed by atoms with E-state index in [-0.39, 0.29) is 5.63 Å². The molecule has 0 amide bonds. The van der Waals surface area contributed by atoms with Gasteiger partial charge in [-0.05, 0) is 24.6 Å². The Morgan fingerprint density at radius 2 is 2.17 bits per heavy atom. The highest BCUT2D eigenvalue weighted by Gasteiger charge is 2.06. The van der Waals surface area contributed by atoms with Gasteiger partial charge in [0.2, 0.25) is 5.89 Å². The molecule has 2 heterocycles. The number of aromatic nitrogens is 2. The summed E-state index contributed by atoms with van der Waals surface area (Å²) in [6.45, 7) is 4.42. The number of ether oxygens (including phenoxy) is 1. The van der Waals surface area contributed by atoms with Crippen LogP contribution in [0.4, 0.5) is 0 Å². The molecule has 0 aliphatic carbocycles. The number of nitrogens with zero attached hydrogens (tertiary/aromatic N) is 2. The highest BCUT2D eigenvalue weighted by molar-refractivity contribution is 7.98. The van der Waals surface area contributed by atoms with E-state index in [1.54, 1.807) is 17.8 Å². The summed E-state index contributed by atoms with van der Waals surface area (Å²) >= 11 is 1.66. The fourth-order valence-corrected chi connectivity index (χ4v) is 2.90. The van der Waals surface area contributed by atoms with E-state index in [9.17, 15) is 4.79 Å². The lowest BCUT2D eigenvalue weighted by molar-refractivity contribution is 0.343. The normalized spacial score (nSPS) is 11.1. The summed E-state index contributed by atoms with van der Waals surface area (Å²) < 4.78 is 16.0. The maximum atomic E-state index is 11.4. The lowest BCUT2D eigenvalue weighted by Crippen LogP contribution is -2.02. The van der Waals surface area contributed by atoms with Gasteiger partial charge in [-0.1, -0.05) is 12.1 Å². The zero-order valence-electron chi connectivity index (χ0n) is 13.6. The van der Waals surface area contributed by atoms with Gasteiger partial charge in [-0.15, -0.1) is 11.8 Å². The molecular formula is C17H18N2O4S. The highest BCUT2D eigenvalue weighted by Crippen LogP contribution is 2.22. The molecule has 0 radical (unpaired) electrons. The van der Waals surface area contributed by atoms with Crippen molar-refractivity contribution in [2.24, 2.45) is 0 Å². The summed E-state index contributed by atoms with van der Waals surface area (Å²) in [5.74, 6) is 3.51. The predicted molar refractivity (Wildman–Crippen MR) is 92.6 cm³/mol. The molecule has 0 spiro atoms. The molecule has 3 aromatic rings. The van der Waals surface area contributed by atoms with Gasteiger partial charge in [0.25, 0.3) is 0 Å². The van der Waals surface area contributed by atoms with Crippen LogP contribution in [0.25, 0.3) is 11.0 Å². The fourth-order valence-electron chi connectivity index (χ4n) is 2.27. The first-order valence-electron chi connectivity index (χ1n) is 7.72. The molecule has 0 N–H and O–H groups in total. The topological polar surface area (TPSA) is 78.4 Å². The molecule has 0 aliphatic rings. The predicted octanol–water partition coefficient (Wildman–Crippen LogP) is 3.36. The van der Waals surface area contributed by atoms with E-state index in [0.29, 0.717) is 29.6 Å². The van der Waals surface area contributed by atoms with Crippen LogP contribution in [0.5, 0.6) is 5.75 Å². The van der Waals surface area contributed by atoms with Crippen molar-refractivity contribution in [3.63, 3.8) is 0 Å². The molecule has 0 saturated heterocycles. The van der Waals surface area contributed by atoms with Crippen molar-refractivity contribution in [1.82, 2.24) is 10.1 Å². The first-order valence-corrected chi connectivity index (χ1v) is 8.87. The molecule has 6 nitrogen and oxygen atoms in total. The molecule has 0 bridgehead atoms. The zero-order chi connectivity index (χ0) is 16.9. The van der Waals surface area contributed by atoms with Crippen LogP contribution in [0.3, 0.4) is 0 Å². The molecule has 0 unspecified atom stereocenters. The second-order valence-electron chi connectivity index (χ2n) is 5.27. The first kappa shape index (κ1) is 16.6. The summed E-state index contributed by atoms with van der Waals surface area (Å²) in [7, 11) is 0. The summed E-state index contributed by atoms with van der Waals surface area (Å²) in [5.41, 5.74) is 1.09. The monoisotopic (exact) mass is 346 g/mol. The maximum absolute atomic E-state index is 11.4. The molecular weight excluding hydrogens is 328 g/mol. The molecule has 0 atom stereocenters. The van der Waals surface area contributed by atoms with E-state index in [4.69, 9.17) is 13.7 Å². The minimum atomic E-state index is -0.348. The summed E-state index contributed by atoms with van der Waals surface area (Å²) in [4.78, 5) is 15.7. The van der Waals surface area contributed by atoms with Gasteiger partial charge in [0, 0.05) is 29.7 Å². The van der Waals surface area contributed by atoms with Crippen molar-refractivity contribution in [2.45, 2.75) is 26.0 Å². The summed E-state index contributed by atoms with van der Waals surface area (Å²) in [5, 5.41) is 4.77. The van der Waals surface area contributed by atoms with Crippen molar-refractivity contribution in [2.75, 3.05) is 12.4 Å². The summed E-state index contributed by atoms with van der Waals surface area (Å²) in [6.07, 6.45) is 0.773. The van der Waals surface area contributed by atoms with Crippen LogP contribution in [-0.4, -0.2) is 22.5 Å². The van der Waals surface area contributed by atoms with Crippen molar-refractivity contribution < 1.29 is 13.7 Å². The van der Waals surface area contributed by atoms with Gasteiger partial charge in [0.05, 0.1) is 12.4 Å². The Balaban J connectivity index is 1.51. The van der Waals surface area contributed by atoms with Crippen LogP contribution in [0.2, 0.25) is 0 Å². The van der Waals surface area contributed by atoms with Crippen LogP contribution in [0.1, 0.15) is 24.2 Å². The van der Waals surface area contributed by atoms with Crippen LogP contribution < -0.4 is 10.4 Å². The average molecular weight is 346 g/mol. The van der Waals surface area contributed by atoms with Crippen LogP contribution in [-0.2, 0) is 12.2 Å². The SMILES string of the molecule is CCc1noc(CSCCOc2ccc3c(C)cc(=O)oc3c2)n1. The molecule has 24 heavy (non-hydrogen) atoms. The fraction of sp³-hybridized carbons (Fsp3) is 0.353. The third-order valence-electron chi connectivity index (χ3n) is 3.47. The smallest absolute Gasteiger partial charge is 0.336 e. The maximum Gasteiger partial charge on any atom is 0.336 e. The number of hydrogen-bond donors (Lipinski definition) is 0. The Bertz CT molecular complexity index is 888.